The smallest absolute Gasteiger partial charge is 0.336 e. The minimum Gasteiger partial charge on any atom is -0.494 e. The maximum atomic E-state index is 14.5. The average Bonchev–Trinajstić information content (AvgIpc) is 2.71. The van der Waals surface area contributed by atoms with Crippen LogP contribution in [0.3, 0.4) is 0 Å². The molecule has 1 heterocycles. The Hall–Kier alpha value is -2.87. The lowest BCUT2D eigenvalue weighted by Crippen LogP contribution is -2.35. The molecule has 1 aliphatic rings. The average molecular weight is 421 g/mol. The Labute approximate surface area is 175 Å². The van der Waals surface area contributed by atoms with Crippen molar-refractivity contribution < 1.29 is 32.9 Å². The van der Waals surface area contributed by atoms with Crippen molar-refractivity contribution in [3.8, 4) is 5.75 Å². The lowest BCUT2D eigenvalue weighted by atomic mass is 9.80. The van der Waals surface area contributed by atoms with E-state index >= 15 is 0 Å². The quantitative estimate of drug-likeness (QED) is 0.613. The van der Waals surface area contributed by atoms with Crippen molar-refractivity contribution in [3.05, 3.63) is 52.1 Å². The number of ether oxygens (including phenoxy) is 4. The third-order valence-electron chi connectivity index (χ3n) is 4.60. The summed E-state index contributed by atoms with van der Waals surface area (Å²) in [5.74, 6) is -2.65. The Morgan fingerprint density at radius 1 is 1.03 bits per heavy atom. The molecule has 1 atom stereocenters. The topological polar surface area (TPSA) is 83.1 Å². The van der Waals surface area contributed by atoms with Gasteiger partial charge in [-0.1, -0.05) is 6.07 Å². The molecule has 1 aromatic carbocycles. The highest BCUT2D eigenvalue weighted by molar-refractivity contribution is 6.00. The number of benzene rings is 1. The first-order valence-electron chi connectivity index (χ1n) is 9.85. The van der Waals surface area contributed by atoms with Crippen LogP contribution in [-0.2, 0) is 23.8 Å². The maximum Gasteiger partial charge on any atom is 0.336 e. The van der Waals surface area contributed by atoms with E-state index in [1.807, 2.05) is 6.92 Å². The van der Waals surface area contributed by atoms with Crippen LogP contribution in [0.25, 0.3) is 0 Å². The molecule has 1 N–H and O–H groups in total. The number of carbonyl (C=O) groups excluding carboxylic acids is 2. The molecule has 0 saturated heterocycles. The second kappa shape index (κ2) is 10.8. The number of esters is 2. The number of dihydropyridines is 1. The van der Waals surface area contributed by atoms with Gasteiger partial charge in [-0.25, -0.2) is 14.0 Å². The van der Waals surface area contributed by atoms with Gasteiger partial charge in [0.05, 0.1) is 49.7 Å². The summed E-state index contributed by atoms with van der Waals surface area (Å²) in [6, 6.07) is 4.32. The van der Waals surface area contributed by atoms with Gasteiger partial charge in [-0.15, -0.1) is 0 Å². The van der Waals surface area contributed by atoms with E-state index in [-0.39, 0.29) is 36.7 Å². The normalized spacial score (nSPS) is 16.3. The van der Waals surface area contributed by atoms with E-state index in [0.29, 0.717) is 23.6 Å². The van der Waals surface area contributed by atoms with Crippen LogP contribution in [0.15, 0.2) is 40.7 Å². The van der Waals surface area contributed by atoms with Crippen molar-refractivity contribution in [1.29, 1.82) is 0 Å². The molecule has 1 unspecified atom stereocenters. The molecule has 30 heavy (non-hydrogen) atoms. The second-order valence-electron chi connectivity index (χ2n) is 6.46. The number of rotatable bonds is 9. The molecular weight excluding hydrogens is 393 g/mol. The van der Waals surface area contributed by atoms with E-state index in [2.05, 4.69) is 5.32 Å². The van der Waals surface area contributed by atoms with Crippen molar-refractivity contribution in [2.24, 2.45) is 0 Å². The molecule has 1 aliphatic heterocycles. The number of methoxy groups -OCH3 is 1. The fourth-order valence-corrected chi connectivity index (χ4v) is 3.34. The molecule has 0 saturated carbocycles. The Morgan fingerprint density at radius 2 is 1.67 bits per heavy atom. The van der Waals surface area contributed by atoms with E-state index in [1.54, 1.807) is 26.8 Å². The molecule has 2 rings (SSSR count). The van der Waals surface area contributed by atoms with Crippen molar-refractivity contribution in [2.75, 3.05) is 33.5 Å². The number of hydrogen-bond acceptors (Lipinski definition) is 7. The third-order valence-corrected chi connectivity index (χ3v) is 4.60. The van der Waals surface area contributed by atoms with Crippen LogP contribution in [-0.4, -0.2) is 45.5 Å². The highest BCUT2D eigenvalue weighted by Gasteiger charge is 2.39. The molecule has 0 aromatic heterocycles. The minimum absolute atomic E-state index is 0.0577. The summed E-state index contributed by atoms with van der Waals surface area (Å²) in [7, 11) is 1.36. The summed E-state index contributed by atoms with van der Waals surface area (Å²) in [6.45, 7) is 7.74. The number of hydrogen-bond donors (Lipinski definition) is 1. The summed E-state index contributed by atoms with van der Waals surface area (Å²) < 4.78 is 35.5. The van der Waals surface area contributed by atoms with Crippen LogP contribution in [0.2, 0.25) is 0 Å². The predicted molar refractivity (Wildman–Crippen MR) is 108 cm³/mol. The molecular formula is C22H28FNO6. The Bertz CT molecular complexity index is 861. The summed E-state index contributed by atoms with van der Waals surface area (Å²) in [6.07, 6.45) is 0. The zero-order valence-electron chi connectivity index (χ0n) is 18.0. The van der Waals surface area contributed by atoms with Crippen LogP contribution in [0, 0.1) is 5.82 Å². The van der Waals surface area contributed by atoms with Gasteiger partial charge in [-0.05, 0) is 45.4 Å². The predicted octanol–water partition coefficient (Wildman–Crippen LogP) is 3.21. The van der Waals surface area contributed by atoms with Crippen LogP contribution < -0.4 is 10.1 Å². The number of allylic oxidation sites excluding steroid dienone is 1. The van der Waals surface area contributed by atoms with Gasteiger partial charge in [0.15, 0.2) is 11.6 Å². The molecule has 0 fully saturated rings. The second-order valence-corrected chi connectivity index (χ2v) is 6.46. The zero-order chi connectivity index (χ0) is 22.3. The zero-order valence-corrected chi connectivity index (χ0v) is 18.0. The monoisotopic (exact) mass is 421 g/mol. The van der Waals surface area contributed by atoms with Crippen LogP contribution in [0.1, 0.15) is 39.2 Å². The van der Waals surface area contributed by atoms with Crippen LogP contribution in [0.4, 0.5) is 4.39 Å². The largest absolute Gasteiger partial charge is 0.494 e. The van der Waals surface area contributed by atoms with Gasteiger partial charge in [-0.3, -0.25) is 0 Å². The van der Waals surface area contributed by atoms with Crippen LogP contribution in [0.5, 0.6) is 5.75 Å². The van der Waals surface area contributed by atoms with Crippen molar-refractivity contribution in [3.63, 3.8) is 0 Å². The van der Waals surface area contributed by atoms with Gasteiger partial charge in [0.25, 0.3) is 0 Å². The van der Waals surface area contributed by atoms with Gasteiger partial charge < -0.3 is 24.3 Å². The SMILES string of the molecule is CCOCC1=C(C(=O)OCC)C(c2ccc(OC)c(F)c2)C(C(=O)OCC)=C(C)N1. The first-order valence-corrected chi connectivity index (χ1v) is 9.85. The first-order chi connectivity index (χ1) is 14.4. The lowest BCUT2D eigenvalue weighted by Gasteiger charge is -2.31. The number of nitrogens with one attached hydrogen (secondary N) is 1. The molecule has 0 radical (unpaired) electrons. The molecule has 0 aliphatic carbocycles. The fraction of sp³-hybridized carbons (Fsp3) is 0.455. The van der Waals surface area contributed by atoms with Crippen molar-refractivity contribution in [2.45, 2.75) is 33.6 Å². The summed E-state index contributed by atoms with van der Waals surface area (Å²) in [5, 5.41) is 3.08. The summed E-state index contributed by atoms with van der Waals surface area (Å²) >= 11 is 0. The third kappa shape index (κ3) is 4.99. The van der Waals surface area contributed by atoms with Gasteiger partial charge in [0.2, 0.25) is 0 Å². The molecule has 164 valence electrons. The van der Waals surface area contributed by atoms with Gasteiger partial charge >= 0.3 is 11.9 Å². The van der Waals surface area contributed by atoms with Crippen molar-refractivity contribution >= 4 is 11.9 Å². The van der Waals surface area contributed by atoms with Gasteiger partial charge in [0, 0.05) is 12.3 Å². The molecule has 0 amide bonds. The Kier molecular flexibility index (Phi) is 8.41. The van der Waals surface area contributed by atoms with Crippen LogP contribution >= 0.6 is 0 Å². The van der Waals surface area contributed by atoms with Gasteiger partial charge in [-0.2, -0.15) is 0 Å². The lowest BCUT2D eigenvalue weighted by molar-refractivity contribution is -0.139. The molecule has 0 bridgehead atoms. The summed E-state index contributed by atoms with van der Waals surface area (Å²) in [4.78, 5) is 25.7. The molecule has 8 heteroatoms. The van der Waals surface area contributed by atoms with E-state index in [9.17, 15) is 14.0 Å². The maximum absolute atomic E-state index is 14.5. The summed E-state index contributed by atoms with van der Waals surface area (Å²) in [5.41, 5.74) is 1.75. The Morgan fingerprint density at radius 3 is 2.20 bits per heavy atom. The number of halogens is 1. The molecule has 0 spiro atoms. The van der Waals surface area contributed by atoms with Gasteiger partial charge in [0.1, 0.15) is 0 Å². The van der Waals surface area contributed by atoms with E-state index < -0.39 is 23.7 Å². The van der Waals surface area contributed by atoms with E-state index in [1.165, 1.54) is 19.2 Å². The minimum atomic E-state index is -0.889. The molecule has 7 nitrogen and oxygen atoms in total. The van der Waals surface area contributed by atoms with E-state index in [4.69, 9.17) is 18.9 Å². The standard InChI is InChI=1S/C22H28FNO6/c1-6-28-12-16-20(22(26)30-8-3)19(14-9-10-17(27-5)15(23)11-14)18(13(4)24-16)21(25)29-7-2/h9-11,19,24H,6-8,12H2,1-5H3. The number of carbonyl (C=O) groups is 2. The van der Waals surface area contributed by atoms with Crippen molar-refractivity contribution in [1.82, 2.24) is 5.32 Å². The highest BCUT2D eigenvalue weighted by Crippen LogP contribution is 2.40. The fourth-order valence-electron chi connectivity index (χ4n) is 3.34. The first kappa shape index (κ1) is 23.4. The van der Waals surface area contributed by atoms with E-state index in [0.717, 1.165) is 0 Å². The highest BCUT2D eigenvalue weighted by atomic mass is 19.1. The Balaban J connectivity index is 2.72. The molecule has 1 aromatic rings.